The lowest BCUT2D eigenvalue weighted by atomic mass is 10.1. The number of esters is 1. The van der Waals surface area contributed by atoms with Gasteiger partial charge >= 0.3 is 12.0 Å². The van der Waals surface area contributed by atoms with E-state index in [9.17, 15) is 22.8 Å². The van der Waals surface area contributed by atoms with E-state index in [1.165, 1.54) is 38.2 Å². The fourth-order valence-corrected chi connectivity index (χ4v) is 3.34. The molecule has 2 atom stereocenters. The molecule has 3 amide bonds. The summed E-state index contributed by atoms with van der Waals surface area (Å²) in [4.78, 5) is 35.2. The summed E-state index contributed by atoms with van der Waals surface area (Å²) in [5.74, 6) is -2.25. The van der Waals surface area contributed by atoms with Gasteiger partial charge in [-0.15, -0.1) is 0 Å². The summed E-state index contributed by atoms with van der Waals surface area (Å²) in [5.41, 5.74) is 0. The second-order valence-electron chi connectivity index (χ2n) is 5.94. The predicted molar refractivity (Wildman–Crippen MR) is 98.6 cm³/mol. The van der Waals surface area contributed by atoms with Crippen molar-refractivity contribution in [2.45, 2.75) is 37.8 Å². The molecular weight excluding hydrogens is 398 g/mol. The fraction of sp³-hybridized carbons (Fsp3) is 0.438. The Morgan fingerprint density at radius 3 is 2.11 bits per heavy atom. The maximum atomic E-state index is 12.5. The minimum Gasteiger partial charge on any atom is -0.451 e. The van der Waals surface area contributed by atoms with Crippen molar-refractivity contribution < 1.29 is 27.5 Å². The van der Waals surface area contributed by atoms with Crippen LogP contribution in [0.3, 0.4) is 0 Å². The van der Waals surface area contributed by atoms with Gasteiger partial charge in [0, 0.05) is 12.1 Å². The highest BCUT2D eigenvalue weighted by Gasteiger charge is 2.32. The Kier molecular flexibility index (Phi) is 8.20. The summed E-state index contributed by atoms with van der Waals surface area (Å²) in [6.45, 7) is 4.50. The maximum Gasteiger partial charge on any atom is 0.325 e. The molecule has 9 nitrogen and oxygen atoms in total. The molecule has 3 N–H and O–H groups in total. The SMILES string of the molecule is CNC(=O)NC(=O)[C@H](C)OC(=O)[C@@H](NS(=O)(=O)c1ccc(Cl)cc1)C(C)C. The van der Waals surface area contributed by atoms with Crippen molar-refractivity contribution >= 4 is 39.5 Å². The molecule has 0 aliphatic heterocycles. The molecule has 0 saturated carbocycles. The van der Waals surface area contributed by atoms with Crippen molar-refractivity contribution in [3.05, 3.63) is 29.3 Å². The third kappa shape index (κ3) is 6.81. The summed E-state index contributed by atoms with van der Waals surface area (Å²) >= 11 is 5.75. The molecule has 150 valence electrons. The maximum absolute atomic E-state index is 12.5. The van der Waals surface area contributed by atoms with Gasteiger partial charge in [-0.1, -0.05) is 25.4 Å². The van der Waals surface area contributed by atoms with Gasteiger partial charge in [0.2, 0.25) is 10.0 Å². The monoisotopic (exact) mass is 419 g/mol. The van der Waals surface area contributed by atoms with Gasteiger partial charge in [0.05, 0.1) is 4.90 Å². The van der Waals surface area contributed by atoms with E-state index in [2.05, 4.69) is 10.0 Å². The molecule has 0 aliphatic rings. The number of urea groups is 1. The molecule has 0 heterocycles. The summed E-state index contributed by atoms with van der Waals surface area (Å²) in [7, 11) is -2.70. The molecule has 11 heteroatoms. The van der Waals surface area contributed by atoms with Crippen LogP contribution in [0.5, 0.6) is 0 Å². The molecule has 27 heavy (non-hydrogen) atoms. The predicted octanol–water partition coefficient (Wildman–Crippen LogP) is 1.03. The zero-order valence-electron chi connectivity index (χ0n) is 15.3. The second kappa shape index (κ2) is 9.67. The number of ether oxygens (including phenoxy) is 1. The first-order chi connectivity index (χ1) is 12.5. The molecule has 0 radical (unpaired) electrons. The van der Waals surface area contributed by atoms with Crippen LogP contribution < -0.4 is 15.4 Å². The van der Waals surface area contributed by atoms with Gasteiger partial charge in [0.15, 0.2) is 6.10 Å². The molecule has 0 aliphatic carbocycles. The Hall–Kier alpha value is -2.17. The van der Waals surface area contributed by atoms with Crippen molar-refractivity contribution in [2.75, 3.05) is 7.05 Å². The Morgan fingerprint density at radius 2 is 1.63 bits per heavy atom. The van der Waals surface area contributed by atoms with E-state index in [-0.39, 0.29) is 4.90 Å². The highest BCUT2D eigenvalue weighted by Crippen LogP contribution is 2.16. The van der Waals surface area contributed by atoms with Crippen LogP contribution in [-0.4, -0.2) is 45.5 Å². The van der Waals surface area contributed by atoms with Crippen LogP contribution in [-0.2, 0) is 24.3 Å². The lowest BCUT2D eigenvalue weighted by Gasteiger charge is -2.22. The van der Waals surface area contributed by atoms with Crippen molar-refractivity contribution in [3.63, 3.8) is 0 Å². The first-order valence-corrected chi connectivity index (χ1v) is 9.85. The van der Waals surface area contributed by atoms with E-state index in [0.717, 1.165) is 0 Å². The van der Waals surface area contributed by atoms with E-state index in [1.807, 2.05) is 5.32 Å². The molecular formula is C16H22ClN3O6S. The first kappa shape index (κ1) is 22.9. The molecule has 1 aromatic carbocycles. The van der Waals surface area contributed by atoms with Crippen LogP contribution in [0, 0.1) is 5.92 Å². The standard InChI is InChI=1S/C16H22ClN3O6S/c1-9(2)13(15(22)26-10(3)14(21)19-16(23)18-4)20-27(24,25)12-7-5-11(17)6-8-12/h5-10,13,20H,1-4H3,(H2,18,19,21,23)/t10-,13-/m0/s1. The van der Waals surface area contributed by atoms with Crippen LogP contribution >= 0.6 is 11.6 Å². The quantitative estimate of drug-likeness (QED) is 0.566. The Bertz CT molecular complexity index is 795. The number of carbonyl (C=O) groups excluding carboxylic acids is 3. The van der Waals surface area contributed by atoms with Gasteiger partial charge in [0.25, 0.3) is 5.91 Å². The molecule has 0 aromatic heterocycles. The zero-order valence-corrected chi connectivity index (χ0v) is 16.8. The number of carbonyl (C=O) groups is 3. The summed E-state index contributed by atoms with van der Waals surface area (Å²) < 4.78 is 32.2. The van der Waals surface area contributed by atoms with Gasteiger partial charge in [-0.3, -0.25) is 14.9 Å². The number of imide groups is 1. The number of hydrogen-bond donors (Lipinski definition) is 3. The molecule has 0 fully saturated rings. The number of hydrogen-bond acceptors (Lipinski definition) is 6. The number of nitrogens with one attached hydrogen (secondary N) is 3. The molecule has 0 spiro atoms. The topological polar surface area (TPSA) is 131 Å². The number of benzene rings is 1. The van der Waals surface area contributed by atoms with E-state index in [0.29, 0.717) is 5.02 Å². The van der Waals surface area contributed by atoms with Crippen molar-refractivity contribution in [1.29, 1.82) is 0 Å². The highest BCUT2D eigenvalue weighted by molar-refractivity contribution is 7.89. The molecule has 1 aromatic rings. The smallest absolute Gasteiger partial charge is 0.325 e. The lowest BCUT2D eigenvalue weighted by molar-refractivity contribution is -0.157. The average Bonchev–Trinajstić information content (AvgIpc) is 2.59. The molecule has 0 unspecified atom stereocenters. The van der Waals surface area contributed by atoms with Crippen LogP contribution in [0.1, 0.15) is 20.8 Å². The number of sulfonamides is 1. The Balaban J connectivity index is 2.88. The largest absolute Gasteiger partial charge is 0.451 e. The minimum absolute atomic E-state index is 0.0734. The van der Waals surface area contributed by atoms with E-state index < -0.39 is 46.0 Å². The van der Waals surface area contributed by atoms with Crippen LogP contribution in [0.15, 0.2) is 29.2 Å². The number of rotatable bonds is 7. The molecule has 1 rings (SSSR count). The van der Waals surface area contributed by atoms with Gasteiger partial charge < -0.3 is 10.1 Å². The Morgan fingerprint density at radius 1 is 1.07 bits per heavy atom. The van der Waals surface area contributed by atoms with Crippen molar-refractivity contribution in [2.24, 2.45) is 5.92 Å². The first-order valence-electron chi connectivity index (χ1n) is 7.99. The van der Waals surface area contributed by atoms with Crippen molar-refractivity contribution in [1.82, 2.24) is 15.4 Å². The molecule has 0 bridgehead atoms. The lowest BCUT2D eigenvalue weighted by Crippen LogP contribution is -2.48. The average molecular weight is 420 g/mol. The van der Waals surface area contributed by atoms with Gasteiger partial charge in [-0.25, -0.2) is 13.2 Å². The van der Waals surface area contributed by atoms with Crippen LogP contribution in [0.25, 0.3) is 0 Å². The van der Waals surface area contributed by atoms with E-state index in [1.54, 1.807) is 13.8 Å². The second-order valence-corrected chi connectivity index (χ2v) is 8.09. The van der Waals surface area contributed by atoms with E-state index in [4.69, 9.17) is 16.3 Å². The van der Waals surface area contributed by atoms with Gasteiger partial charge in [-0.05, 0) is 37.1 Å². The Labute approximate surface area is 162 Å². The number of amides is 3. The third-order valence-electron chi connectivity index (χ3n) is 3.45. The highest BCUT2D eigenvalue weighted by atomic mass is 35.5. The fourth-order valence-electron chi connectivity index (χ4n) is 1.88. The normalized spacial score (nSPS) is 13.6. The van der Waals surface area contributed by atoms with Crippen LogP contribution in [0.2, 0.25) is 5.02 Å². The molecule has 0 saturated heterocycles. The third-order valence-corrected chi connectivity index (χ3v) is 5.16. The summed E-state index contributed by atoms with van der Waals surface area (Å²) in [6.07, 6.45) is -1.30. The van der Waals surface area contributed by atoms with Crippen molar-refractivity contribution in [3.8, 4) is 0 Å². The minimum atomic E-state index is -4.02. The zero-order chi connectivity index (χ0) is 20.8. The number of halogens is 1. The van der Waals surface area contributed by atoms with Gasteiger partial charge in [0.1, 0.15) is 6.04 Å². The van der Waals surface area contributed by atoms with Crippen LogP contribution in [0.4, 0.5) is 4.79 Å². The van der Waals surface area contributed by atoms with Gasteiger partial charge in [-0.2, -0.15) is 4.72 Å². The van der Waals surface area contributed by atoms with E-state index >= 15 is 0 Å². The summed E-state index contributed by atoms with van der Waals surface area (Å²) in [5, 5.41) is 4.52. The summed E-state index contributed by atoms with van der Waals surface area (Å²) in [6, 6.07) is 3.42.